The van der Waals surface area contributed by atoms with Crippen molar-refractivity contribution < 1.29 is 4.79 Å². The van der Waals surface area contributed by atoms with Gasteiger partial charge in [-0.15, -0.1) is 12.4 Å². The van der Waals surface area contributed by atoms with Crippen LogP contribution in [0.2, 0.25) is 0 Å². The molecule has 94 valence electrons. The number of carbonyl (C=O) groups is 1. The number of rotatable bonds is 2. The molecule has 1 aromatic heterocycles. The van der Waals surface area contributed by atoms with Gasteiger partial charge in [-0.3, -0.25) is 9.78 Å². The zero-order valence-electron chi connectivity index (χ0n) is 9.63. The first-order valence-electron chi connectivity index (χ1n) is 5.74. The summed E-state index contributed by atoms with van der Waals surface area (Å²) in [4.78, 5) is 15.7. The van der Waals surface area contributed by atoms with Crippen LogP contribution < -0.4 is 11.1 Å². The van der Waals surface area contributed by atoms with Crippen molar-refractivity contribution in [3.63, 3.8) is 0 Å². The Hall–Kier alpha value is -1.13. The minimum atomic E-state index is -0.0512. The van der Waals surface area contributed by atoms with Crippen molar-refractivity contribution >= 4 is 18.3 Å². The van der Waals surface area contributed by atoms with Crippen molar-refractivity contribution in [3.8, 4) is 0 Å². The lowest BCUT2D eigenvalue weighted by Crippen LogP contribution is -2.49. The van der Waals surface area contributed by atoms with Gasteiger partial charge in [0, 0.05) is 30.0 Å². The highest BCUT2D eigenvalue weighted by atomic mass is 35.5. The first kappa shape index (κ1) is 13.9. The zero-order valence-corrected chi connectivity index (χ0v) is 10.5. The highest BCUT2D eigenvalue weighted by Gasteiger charge is 2.23. The second-order valence-electron chi connectivity index (χ2n) is 4.26. The maximum Gasteiger partial charge on any atom is 0.251 e. The molecule has 0 spiro atoms. The van der Waals surface area contributed by atoms with Gasteiger partial charge in [0.2, 0.25) is 0 Å². The first-order chi connectivity index (χ1) is 7.77. The van der Waals surface area contributed by atoms with E-state index in [0.717, 1.165) is 19.3 Å². The average Bonchev–Trinajstić information content (AvgIpc) is 2.33. The molecule has 0 unspecified atom stereocenters. The summed E-state index contributed by atoms with van der Waals surface area (Å²) in [5, 5.41) is 2.99. The molecular weight excluding hydrogens is 238 g/mol. The molecule has 0 aromatic carbocycles. The molecule has 0 aliphatic heterocycles. The van der Waals surface area contributed by atoms with Crippen molar-refractivity contribution in [2.24, 2.45) is 5.73 Å². The third-order valence-corrected chi connectivity index (χ3v) is 3.08. The zero-order chi connectivity index (χ0) is 11.4. The molecule has 1 aliphatic rings. The van der Waals surface area contributed by atoms with Gasteiger partial charge in [-0.05, 0) is 25.0 Å². The van der Waals surface area contributed by atoms with Crippen LogP contribution in [0, 0.1) is 0 Å². The van der Waals surface area contributed by atoms with E-state index in [1.165, 1.54) is 6.42 Å². The summed E-state index contributed by atoms with van der Waals surface area (Å²) in [5.74, 6) is -0.0512. The van der Waals surface area contributed by atoms with E-state index >= 15 is 0 Å². The molecule has 1 fully saturated rings. The van der Waals surface area contributed by atoms with E-state index in [2.05, 4.69) is 10.3 Å². The number of nitrogens with two attached hydrogens (primary N) is 1. The van der Waals surface area contributed by atoms with Crippen LogP contribution in [0.5, 0.6) is 0 Å². The molecule has 2 rings (SSSR count). The number of aromatic nitrogens is 1. The van der Waals surface area contributed by atoms with Gasteiger partial charge in [-0.1, -0.05) is 12.8 Å². The molecule has 3 N–H and O–H groups in total. The quantitative estimate of drug-likeness (QED) is 0.842. The third kappa shape index (κ3) is 3.68. The molecule has 4 nitrogen and oxygen atoms in total. The summed E-state index contributed by atoms with van der Waals surface area (Å²) in [5.41, 5.74) is 6.62. The lowest BCUT2D eigenvalue weighted by Gasteiger charge is -2.29. The van der Waals surface area contributed by atoms with Gasteiger partial charge in [-0.25, -0.2) is 0 Å². The molecule has 0 saturated heterocycles. The molecule has 0 radical (unpaired) electrons. The van der Waals surface area contributed by atoms with E-state index in [1.54, 1.807) is 24.5 Å². The van der Waals surface area contributed by atoms with Gasteiger partial charge < -0.3 is 11.1 Å². The predicted molar refractivity (Wildman–Crippen MR) is 69.2 cm³/mol. The second-order valence-corrected chi connectivity index (χ2v) is 4.26. The Morgan fingerprint density at radius 3 is 2.59 bits per heavy atom. The predicted octanol–water partition coefficient (Wildman–Crippen LogP) is 1.50. The molecule has 17 heavy (non-hydrogen) atoms. The molecule has 1 amide bonds. The molecule has 5 heteroatoms. The van der Waals surface area contributed by atoms with Crippen molar-refractivity contribution in [3.05, 3.63) is 30.1 Å². The number of hydrogen-bond donors (Lipinski definition) is 2. The first-order valence-corrected chi connectivity index (χ1v) is 5.74. The SMILES string of the molecule is Cl.N[C@@H]1CCCC[C@H]1NC(=O)c1ccncc1. The molecule has 2 atom stereocenters. The van der Waals surface area contributed by atoms with Crippen LogP contribution in [0.3, 0.4) is 0 Å². The van der Waals surface area contributed by atoms with Gasteiger partial charge in [-0.2, -0.15) is 0 Å². The summed E-state index contributed by atoms with van der Waals surface area (Å²) in [6.07, 6.45) is 7.54. The minimum absolute atomic E-state index is 0. The van der Waals surface area contributed by atoms with Crippen LogP contribution in [0.1, 0.15) is 36.0 Å². The van der Waals surface area contributed by atoms with E-state index in [-0.39, 0.29) is 30.4 Å². The average molecular weight is 256 g/mol. The standard InChI is InChI=1S/C12H17N3O.ClH/c13-10-3-1-2-4-11(10)15-12(16)9-5-7-14-8-6-9;/h5-8,10-11H,1-4,13H2,(H,15,16);1H/t10-,11-;/m1./s1. The van der Waals surface area contributed by atoms with Gasteiger partial charge >= 0.3 is 0 Å². The molecule has 1 heterocycles. The number of halogens is 1. The Balaban J connectivity index is 0.00000144. The molecule has 1 aliphatic carbocycles. The number of pyridine rings is 1. The van der Waals surface area contributed by atoms with Crippen molar-refractivity contribution in [1.82, 2.24) is 10.3 Å². The van der Waals surface area contributed by atoms with Gasteiger partial charge in [0.15, 0.2) is 0 Å². The molecule has 0 bridgehead atoms. The van der Waals surface area contributed by atoms with Gasteiger partial charge in [0.1, 0.15) is 0 Å². The van der Waals surface area contributed by atoms with Crippen molar-refractivity contribution in [2.75, 3.05) is 0 Å². The summed E-state index contributed by atoms with van der Waals surface area (Å²) in [6, 6.07) is 3.64. The second kappa shape index (κ2) is 6.57. The monoisotopic (exact) mass is 255 g/mol. The van der Waals surface area contributed by atoms with Crippen LogP contribution in [0.25, 0.3) is 0 Å². The Morgan fingerprint density at radius 2 is 1.94 bits per heavy atom. The van der Waals surface area contributed by atoms with E-state index in [4.69, 9.17) is 5.73 Å². The normalized spacial score (nSPS) is 23.6. The van der Waals surface area contributed by atoms with Gasteiger partial charge in [0.05, 0.1) is 0 Å². The minimum Gasteiger partial charge on any atom is -0.348 e. The maximum atomic E-state index is 11.9. The fourth-order valence-electron chi connectivity index (χ4n) is 2.09. The number of nitrogens with one attached hydrogen (secondary N) is 1. The largest absolute Gasteiger partial charge is 0.348 e. The number of carbonyl (C=O) groups excluding carboxylic acids is 1. The van der Waals surface area contributed by atoms with Crippen molar-refractivity contribution in [2.45, 2.75) is 37.8 Å². The smallest absolute Gasteiger partial charge is 0.251 e. The summed E-state index contributed by atoms with van der Waals surface area (Å²) in [7, 11) is 0. The van der Waals surface area contributed by atoms with Crippen LogP contribution in [-0.2, 0) is 0 Å². The van der Waals surface area contributed by atoms with E-state index < -0.39 is 0 Å². The fourth-order valence-corrected chi connectivity index (χ4v) is 2.09. The fraction of sp³-hybridized carbons (Fsp3) is 0.500. The Morgan fingerprint density at radius 1 is 1.29 bits per heavy atom. The van der Waals surface area contributed by atoms with Crippen LogP contribution in [-0.4, -0.2) is 23.0 Å². The summed E-state index contributed by atoms with van der Waals surface area (Å²) in [6.45, 7) is 0. The topological polar surface area (TPSA) is 68.0 Å². The van der Waals surface area contributed by atoms with E-state index in [0.29, 0.717) is 5.56 Å². The molecule has 1 aromatic rings. The van der Waals surface area contributed by atoms with E-state index in [1.807, 2.05) is 0 Å². The Kier molecular flexibility index (Phi) is 5.38. The number of nitrogens with zero attached hydrogens (tertiary/aromatic N) is 1. The number of amides is 1. The lowest BCUT2D eigenvalue weighted by molar-refractivity contribution is 0.0921. The summed E-state index contributed by atoms with van der Waals surface area (Å²) >= 11 is 0. The maximum absolute atomic E-state index is 11.9. The van der Waals surface area contributed by atoms with Crippen LogP contribution in [0.4, 0.5) is 0 Å². The molecule has 1 saturated carbocycles. The molecular formula is C12H18ClN3O. The number of hydrogen-bond acceptors (Lipinski definition) is 3. The highest BCUT2D eigenvalue weighted by molar-refractivity contribution is 5.94. The lowest BCUT2D eigenvalue weighted by atomic mass is 9.91. The van der Waals surface area contributed by atoms with Crippen LogP contribution >= 0.6 is 12.4 Å². The highest BCUT2D eigenvalue weighted by Crippen LogP contribution is 2.17. The van der Waals surface area contributed by atoms with E-state index in [9.17, 15) is 4.79 Å². The Bertz CT molecular complexity index is 358. The summed E-state index contributed by atoms with van der Waals surface area (Å²) < 4.78 is 0. The van der Waals surface area contributed by atoms with Gasteiger partial charge in [0.25, 0.3) is 5.91 Å². The van der Waals surface area contributed by atoms with Crippen molar-refractivity contribution in [1.29, 1.82) is 0 Å². The Labute approximate surface area is 107 Å². The van der Waals surface area contributed by atoms with Crippen LogP contribution in [0.15, 0.2) is 24.5 Å². The third-order valence-electron chi connectivity index (χ3n) is 3.08.